The summed E-state index contributed by atoms with van der Waals surface area (Å²) < 4.78 is 54.2. The first-order valence-corrected chi connectivity index (χ1v) is 11.7. The van der Waals surface area contributed by atoms with Gasteiger partial charge in [0.15, 0.2) is 0 Å². The summed E-state index contributed by atoms with van der Waals surface area (Å²) in [5.41, 5.74) is 1.85. The molecule has 1 amide bonds. The maximum Gasteiger partial charge on any atom is 0.392 e. The van der Waals surface area contributed by atoms with Crippen LogP contribution in [-0.2, 0) is 6.61 Å². The van der Waals surface area contributed by atoms with Gasteiger partial charge in [0.1, 0.15) is 18.1 Å². The van der Waals surface area contributed by atoms with E-state index in [1.807, 2.05) is 24.3 Å². The second-order valence-electron chi connectivity index (χ2n) is 7.38. The highest BCUT2D eigenvalue weighted by Gasteiger charge is 2.25. The zero-order valence-corrected chi connectivity index (χ0v) is 21.8. The number of carbonyl (C=O) groups excluding carboxylic acids is 1. The van der Waals surface area contributed by atoms with Crippen LogP contribution in [0.3, 0.4) is 0 Å². The number of nitrogens with one attached hydrogen (secondary N) is 1. The van der Waals surface area contributed by atoms with Gasteiger partial charge in [-0.1, -0.05) is 28.9 Å². The number of carbonyl (C=O) groups is 1. The number of benzene rings is 2. The normalized spacial score (nSPS) is 11.9. The standard InChI is InChI=1S/C23H20Br2F3N3O4/c1-13(7-8-23(26,27)28)11-29-21(32)22-30-20(31-35-22)15-9-17(24)19(18(25)10-15)34-12-14-3-5-16(33-2)6-4-14/h3-7,9-10H,8,11-12H2,1-2H3,(H,29,32)/b13-7+. The van der Waals surface area contributed by atoms with Gasteiger partial charge in [0.2, 0.25) is 5.82 Å². The van der Waals surface area contributed by atoms with Crippen molar-refractivity contribution in [2.75, 3.05) is 13.7 Å². The van der Waals surface area contributed by atoms with Crippen LogP contribution in [0, 0.1) is 0 Å². The van der Waals surface area contributed by atoms with Crippen molar-refractivity contribution >= 4 is 37.8 Å². The summed E-state index contributed by atoms with van der Waals surface area (Å²) in [7, 11) is 1.60. The molecule has 0 atom stereocenters. The summed E-state index contributed by atoms with van der Waals surface area (Å²) in [6, 6.07) is 10.9. The molecule has 12 heteroatoms. The Labute approximate surface area is 215 Å². The minimum atomic E-state index is -4.30. The topological polar surface area (TPSA) is 86.5 Å². The predicted octanol–water partition coefficient (Wildman–Crippen LogP) is 6.48. The van der Waals surface area contributed by atoms with E-state index in [9.17, 15) is 18.0 Å². The number of nitrogens with zero attached hydrogens (tertiary/aromatic N) is 2. The van der Waals surface area contributed by atoms with E-state index in [-0.39, 0.29) is 18.3 Å². The Bertz CT molecular complexity index is 1190. The molecule has 7 nitrogen and oxygen atoms in total. The van der Waals surface area contributed by atoms with Crippen LogP contribution in [0.25, 0.3) is 11.4 Å². The lowest BCUT2D eigenvalue weighted by atomic mass is 10.2. The fourth-order valence-electron chi connectivity index (χ4n) is 2.79. The van der Waals surface area contributed by atoms with E-state index in [4.69, 9.17) is 14.0 Å². The number of rotatable bonds is 9. The van der Waals surface area contributed by atoms with E-state index in [1.54, 1.807) is 19.2 Å². The fraction of sp³-hybridized carbons (Fsp3) is 0.261. The molecule has 0 spiro atoms. The van der Waals surface area contributed by atoms with Gasteiger partial charge < -0.3 is 19.3 Å². The number of methoxy groups -OCH3 is 1. The average Bonchev–Trinajstić information content (AvgIpc) is 3.31. The van der Waals surface area contributed by atoms with Crippen molar-refractivity contribution in [3.8, 4) is 22.9 Å². The van der Waals surface area contributed by atoms with E-state index in [2.05, 4.69) is 47.3 Å². The Morgan fingerprint density at radius 1 is 1.17 bits per heavy atom. The fourth-order valence-corrected chi connectivity index (χ4v) is 4.21. The SMILES string of the molecule is COc1ccc(COc2c(Br)cc(-c3noc(C(=O)NC/C(C)=C/CC(F)(F)F)n3)cc2Br)cc1. The molecule has 0 aliphatic rings. The highest BCUT2D eigenvalue weighted by molar-refractivity contribution is 9.11. The highest BCUT2D eigenvalue weighted by atomic mass is 79.9. The maximum absolute atomic E-state index is 12.3. The molecule has 186 valence electrons. The molecule has 0 fully saturated rings. The van der Waals surface area contributed by atoms with Crippen LogP contribution >= 0.6 is 31.9 Å². The number of hydrogen-bond donors (Lipinski definition) is 1. The Morgan fingerprint density at radius 3 is 2.43 bits per heavy atom. The van der Waals surface area contributed by atoms with Crippen molar-refractivity contribution in [2.45, 2.75) is 26.1 Å². The Kier molecular flexibility index (Phi) is 8.95. The summed E-state index contributed by atoms with van der Waals surface area (Å²) in [6.07, 6.45) is -4.36. The van der Waals surface area contributed by atoms with Crippen LogP contribution in [0.2, 0.25) is 0 Å². The minimum Gasteiger partial charge on any atom is -0.497 e. The maximum atomic E-state index is 12.3. The van der Waals surface area contributed by atoms with Crippen molar-refractivity contribution < 1.29 is 32.0 Å². The second-order valence-corrected chi connectivity index (χ2v) is 9.09. The third-order valence-electron chi connectivity index (χ3n) is 4.63. The first-order chi connectivity index (χ1) is 16.6. The molecule has 35 heavy (non-hydrogen) atoms. The molecule has 1 aromatic heterocycles. The monoisotopic (exact) mass is 617 g/mol. The zero-order valence-electron chi connectivity index (χ0n) is 18.6. The van der Waals surface area contributed by atoms with Crippen molar-refractivity contribution in [1.82, 2.24) is 15.5 Å². The van der Waals surface area contributed by atoms with Gasteiger partial charge in [0.05, 0.1) is 22.5 Å². The molecule has 0 saturated carbocycles. The van der Waals surface area contributed by atoms with Crippen LogP contribution in [0.15, 0.2) is 61.5 Å². The van der Waals surface area contributed by atoms with E-state index >= 15 is 0 Å². The second kappa shape index (κ2) is 11.7. The molecular formula is C23H20Br2F3N3O4. The smallest absolute Gasteiger partial charge is 0.392 e. The zero-order chi connectivity index (χ0) is 25.6. The van der Waals surface area contributed by atoms with Crippen molar-refractivity contribution in [1.29, 1.82) is 0 Å². The third-order valence-corrected chi connectivity index (χ3v) is 5.81. The van der Waals surface area contributed by atoms with Gasteiger partial charge >= 0.3 is 18.0 Å². The third kappa shape index (κ3) is 7.82. The summed E-state index contributed by atoms with van der Waals surface area (Å²) in [5, 5.41) is 6.27. The summed E-state index contributed by atoms with van der Waals surface area (Å²) in [6.45, 7) is 1.73. The van der Waals surface area contributed by atoms with Gasteiger partial charge in [-0.25, -0.2) is 0 Å². The first kappa shape index (κ1) is 26.7. The van der Waals surface area contributed by atoms with Gasteiger partial charge in [-0.2, -0.15) is 18.2 Å². The number of halogens is 5. The number of aromatic nitrogens is 2. The van der Waals surface area contributed by atoms with Crippen LogP contribution in [0.5, 0.6) is 11.5 Å². The molecule has 0 aliphatic heterocycles. The van der Waals surface area contributed by atoms with Crippen LogP contribution in [-0.4, -0.2) is 35.9 Å². The largest absolute Gasteiger partial charge is 0.497 e. The lowest BCUT2D eigenvalue weighted by Gasteiger charge is -2.12. The van der Waals surface area contributed by atoms with Gasteiger partial charge in [0.25, 0.3) is 0 Å². The Balaban J connectivity index is 1.64. The van der Waals surface area contributed by atoms with E-state index in [1.165, 1.54) is 6.92 Å². The Morgan fingerprint density at radius 2 is 1.83 bits per heavy atom. The molecule has 0 aliphatic carbocycles. The molecule has 0 radical (unpaired) electrons. The van der Waals surface area contributed by atoms with E-state index < -0.39 is 18.5 Å². The van der Waals surface area contributed by atoms with Crippen LogP contribution in [0.4, 0.5) is 13.2 Å². The average molecular weight is 619 g/mol. The molecule has 0 unspecified atom stereocenters. The van der Waals surface area contributed by atoms with Gasteiger partial charge in [0, 0.05) is 12.1 Å². The minimum absolute atomic E-state index is 0.0794. The van der Waals surface area contributed by atoms with Gasteiger partial charge in [-0.3, -0.25) is 4.79 Å². The molecule has 3 rings (SSSR count). The van der Waals surface area contributed by atoms with Crippen molar-refractivity contribution in [2.24, 2.45) is 0 Å². The quantitative estimate of drug-likeness (QED) is 0.276. The van der Waals surface area contributed by atoms with Gasteiger partial charge in [-0.05, 0) is 68.6 Å². The molecule has 0 saturated heterocycles. The summed E-state index contributed by atoms with van der Waals surface area (Å²) in [4.78, 5) is 16.3. The van der Waals surface area contributed by atoms with Crippen LogP contribution in [0.1, 0.15) is 29.6 Å². The number of ether oxygens (including phenoxy) is 2. The number of hydrogen-bond acceptors (Lipinski definition) is 6. The van der Waals surface area contributed by atoms with Crippen molar-refractivity contribution in [3.05, 3.63) is 68.4 Å². The van der Waals surface area contributed by atoms with Gasteiger partial charge in [-0.15, -0.1) is 0 Å². The van der Waals surface area contributed by atoms with Crippen LogP contribution < -0.4 is 14.8 Å². The highest BCUT2D eigenvalue weighted by Crippen LogP contribution is 2.38. The van der Waals surface area contributed by atoms with Crippen molar-refractivity contribution in [3.63, 3.8) is 0 Å². The lowest BCUT2D eigenvalue weighted by molar-refractivity contribution is -0.125. The number of allylic oxidation sites excluding steroid dienone is 1. The molecule has 0 bridgehead atoms. The molecule has 2 aromatic carbocycles. The lowest BCUT2D eigenvalue weighted by Crippen LogP contribution is -2.25. The predicted molar refractivity (Wildman–Crippen MR) is 129 cm³/mol. The Hall–Kier alpha value is -2.86. The molecular weight excluding hydrogens is 599 g/mol. The number of alkyl halides is 3. The summed E-state index contributed by atoms with van der Waals surface area (Å²) in [5.74, 6) is 0.466. The van der Waals surface area contributed by atoms with E-state index in [0.29, 0.717) is 32.4 Å². The van der Waals surface area contributed by atoms with E-state index in [0.717, 1.165) is 17.4 Å². The summed E-state index contributed by atoms with van der Waals surface area (Å²) >= 11 is 6.94. The molecule has 1 N–H and O–H groups in total. The molecule has 1 heterocycles. The first-order valence-electron chi connectivity index (χ1n) is 10.1. The number of amides is 1. The molecule has 3 aromatic rings.